The number of likely N-dealkylation sites (tertiary alicyclic amines) is 1. The number of hydrogen-bond donors (Lipinski definition) is 0. The number of carbonyl (C=O) groups excluding carboxylic acids is 1. The van der Waals surface area contributed by atoms with Gasteiger partial charge in [-0.3, -0.25) is 4.79 Å². The molecule has 3 rings (SSSR count). The lowest BCUT2D eigenvalue weighted by atomic mass is 10.1. The van der Waals surface area contributed by atoms with Gasteiger partial charge >= 0.3 is 0 Å². The van der Waals surface area contributed by atoms with Gasteiger partial charge in [0.25, 0.3) is 0 Å². The van der Waals surface area contributed by atoms with Gasteiger partial charge in [-0.05, 0) is 34.7 Å². The molecule has 19 heavy (non-hydrogen) atoms. The van der Waals surface area contributed by atoms with Gasteiger partial charge in [-0.2, -0.15) is 0 Å². The highest BCUT2D eigenvalue weighted by Crippen LogP contribution is 2.27. The summed E-state index contributed by atoms with van der Waals surface area (Å²) in [7, 11) is 0. The number of alkyl halides is 1. The van der Waals surface area contributed by atoms with Gasteiger partial charge in [0.2, 0.25) is 5.91 Å². The Kier molecular flexibility index (Phi) is 3.76. The van der Waals surface area contributed by atoms with Crippen LogP contribution in [0.3, 0.4) is 0 Å². The number of amides is 1. The number of nitrogens with zero attached hydrogens (tertiary/aromatic N) is 1. The predicted molar refractivity (Wildman–Crippen MR) is 80.9 cm³/mol. The molecule has 0 saturated carbocycles. The van der Waals surface area contributed by atoms with E-state index in [-0.39, 0.29) is 5.91 Å². The van der Waals surface area contributed by atoms with Crippen molar-refractivity contribution in [3.05, 3.63) is 35.2 Å². The summed E-state index contributed by atoms with van der Waals surface area (Å²) in [6.07, 6.45) is 1.55. The van der Waals surface area contributed by atoms with Gasteiger partial charge < -0.3 is 4.90 Å². The quantitative estimate of drug-likeness (QED) is 0.790. The zero-order chi connectivity index (χ0) is 13.2. The molecule has 2 heterocycles. The molecule has 0 bridgehead atoms. The minimum absolute atomic E-state index is 0.255. The van der Waals surface area contributed by atoms with E-state index in [0.29, 0.717) is 18.2 Å². The van der Waals surface area contributed by atoms with Crippen molar-refractivity contribution in [2.75, 3.05) is 19.0 Å². The Labute approximate surface area is 122 Å². The zero-order valence-electron chi connectivity index (χ0n) is 10.6. The molecule has 1 aliphatic heterocycles. The van der Waals surface area contributed by atoms with Crippen LogP contribution in [-0.4, -0.2) is 29.8 Å². The van der Waals surface area contributed by atoms with Gasteiger partial charge in [0.05, 0.1) is 0 Å². The highest BCUT2D eigenvalue weighted by molar-refractivity contribution is 7.17. The Morgan fingerprint density at radius 2 is 2.21 bits per heavy atom. The lowest BCUT2D eigenvalue weighted by Gasteiger charge is -2.15. The van der Waals surface area contributed by atoms with E-state index >= 15 is 0 Å². The summed E-state index contributed by atoms with van der Waals surface area (Å²) in [5, 5.41) is 3.54. The van der Waals surface area contributed by atoms with Crippen LogP contribution < -0.4 is 0 Å². The van der Waals surface area contributed by atoms with Crippen molar-refractivity contribution in [3.8, 4) is 0 Å². The second-order valence-electron chi connectivity index (χ2n) is 5.07. The third-order valence-corrected chi connectivity index (χ3v) is 5.17. The molecule has 0 radical (unpaired) electrons. The fourth-order valence-corrected chi connectivity index (χ4v) is 3.86. The standard InChI is InChI=1S/C15H16ClNOS/c16-8-11-7-15(18)17(9-11)6-5-12-10-19-14-4-2-1-3-13(12)14/h1-4,10-11H,5-9H2. The number of carbonyl (C=O) groups is 1. The van der Waals surface area contributed by atoms with E-state index in [9.17, 15) is 4.79 Å². The zero-order valence-corrected chi connectivity index (χ0v) is 12.2. The average molecular weight is 294 g/mol. The molecule has 1 aromatic heterocycles. The Balaban J connectivity index is 1.68. The third-order valence-electron chi connectivity index (χ3n) is 3.73. The molecule has 0 aliphatic carbocycles. The molecule has 0 N–H and O–H groups in total. The molecule has 1 unspecified atom stereocenters. The summed E-state index contributed by atoms with van der Waals surface area (Å²) in [6, 6.07) is 8.45. The lowest BCUT2D eigenvalue weighted by molar-refractivity contribution is -0.127. The maximum absolute atomic E-state index is 11.8. The molecule has 1 aliphatic rings. The summed E-state index contributed by atoms with van der Waals surface area (Å²) in [5.41, 5.74) is 1.35. The molecule has 2 nitrogen and oxygen atoms in total. The molecule has 1 fully saturated rings. The van der Waals surface area contributed by atoms with E-state index in [4.69, 9.17) is 11.6 Å². The molecular weight excluding hydrogens is 278 g/mol. The highest BCUT2D eigenvalue weighted by Gasteiger charge is 2.28. The molecule has 0 spiro atoms. The number of halogens is 1. The molecule has 1 atom stereocenters. The second kappa shape index (κ2) is 5.51. The molecule has 4 heteroatoms. The normalized spacial score (nSPS) is 19.5. The maximum Gasteiger partial charge on any atom is 0.222 e. The van der Waals surface area contributed by atoms with Gasteiger partial charge in [-0.1, -0.05) is 18.2 Å². The van der Waals surface area contributed by atoms with Crippen LogP contribution in [0.25, 0.3) is 10.1 Å². The van der Waals surface area contributed by atoms with Gasteiger partial charge in [0.1, 0.15) is 0 Å². The van der Waals surface area contributed by atoms with Gasteiger partial charge in [0.15, 0.2) is 0 Å². The van der Waals surface area contributed by atoms with E-state index in [1.807, 2.05) is 4.90 Å². The smallest absolute Gasteiger partial charge is 0.222 e. The van der Waals surface area contributed by atoms with Gasteiger partial charge in [-0.25, -0.2) is 0 Å². The van der Waals surface area contributed by atoms with Crippen LogP contribution in [0.5, 0.6) is 0 Å². The topological polar surface area (TPSA) is 20.3 Å². The first-order valence-corrected chi connectivity index (χ1v) is 7.98. The fourth-order valence-electron chi connectivity index (χ4n) is 2.66. The SMILES string of the molecule is O=C1CC(CCl)CN1CCc1csc2ccccc12. The number of rotatable bonds is 4. The maximum atomic E-state index is 11.8. The predicted octanol–water partition coefficient (Wildman–Crippen LogP) is 3.53. The van der Waals surface area contributed by atoms with Gasteiger partial charge in [-0.15, -0.1) is 22.9 Å². The minimum atomic E-state index is 0.255. The van der Waals surface area contributed by atoms with Crippen LogP contribution in [0, 0.1) is 5.92 Å². The number of benzene rings is 1. The Bertz CT molecular complexity index is 595. The summed E-state index contributed by atoms with van der Waals surface area (Å²) >= 11 is 7.62. The van der Waals surface area contributed by atoms with Crippen LogP contribution in [0.2, 0.25) is 0 Å². The molecule has 1 aromatic carbocycles. The number of thiophene rings is 1. The van der Waals surface area contributed by atoms with Crippen LogP contribution in [-0.2, 0) is 11.2 Å². The van der Waals surface area contributed by atoms with E-state index in [1.54, 1.807) is 11.3 Å². The van der Waals surface area contributed by atoms with Gasteiger partial charge in [0, 0.05) is 30.1 Å². The fraction of sp³-hybridized carbons (Fsp3) is 0.400. The van der Waals surface area contributed by atoms with Crippen LogP contribution >= 0.6 is 22.9 Å². The molecule has 2 aromatic rings. The van der Waals surface area contributed by atoms with Crippen molar-refractivity contribution in [1.82, 2.24) is 4.90 Å². The van der Waals surface area contributed by atoms with Crippen LogP contribution in [0.4, 0.5) is 0 Å². The van der Waals surface area contributed by atoms with Crippen molar-refractivity contribution >= 4 is 38.9 Å². The average Bonchev–Trinajstić information content (AvgIpc) is 3.00. The number of hydrogen-bond acceptors (Lipinski definition) is 2. The highest BCUT2D eigenvalue weighted by atomic mass is 35.5. The summed E-state index contributed by atoms with van der Waals surface area (Å²) in [6.45, 7) is 1.64. The lowest BCUT2D eigenvalue weighted by Crippen LogP contribution is -2.27. The second-order valence-corrected chi connectivity index (χ2v) is 6.29. The summed E-state index contributed by atoms with van der Waals surface area (Å²) < 4.78 is 1.32. The first-order chi connectivity index (χ1) is 9.28. The Morgan fingerprint density at radius 1 is 1.37 bits per heavy atom. The van der Waals surface area contributed by atoms with E-state index in [1.165, 1.54) is 15.6 Å². The molecule has 1 saturated heterocycles. The third kappa shape index (κ3) is 2.63. The minimum Gasteiger partial charge on any atom is -0.342 e. The van der Waals surface area contributed by atoms with Crippen LogP contribution in [0.15, 0.2) is 29.6 Å². The Morgan fingerprint density at radius 3 is 3.00 bits per heavy atom. The van der Waals surface area contributed by atoms with Crippen molar-refractivity contribution in [1.29, 1.82) is 0 Å². The van der Waals surface area contributed by atoms with E-state index in [2.05, 4.69) is 29.6 Å². The van der Waals surface area contributed by atoms with E-state index < -0.39 is 0 Å². The first-order valence-electron chi connectivity index (χ1n) is 6.57. The molecule has 100 valence electrons. The van der Waals surface area contributed by atoms with Crippen LogP contribution in [0.1, 0.15) is 12.0 Å². The summed E-state index contributed by atoms with van der Waals surface area (Å²) in [4.78, 5) is 13.8. The first kappa shape index (κ1) is 12.9. The van der Waals surface area contributed by atoms with Crippen molar-refractivity contribution < 1.29 is 4.79 Å². The van der Waals surface area contributed by atoms with Crippen molar-refractivity contribution in [2.24, 2.45) is 5.92 Å². The largest absolute Gasteiger partial charge is 0.342 e. The number of fused-ring (bicyclic) bond motifs is 1. The van der Waals surface area contributed by atoms with E-state index in [0.717, 1.165) is 19.5 Å². The van der Waals surface area contributed by atoms with Crippen molar-refractivity contribution in [3.63, 3.8) is 0 Å². The summed E-state index contributed by atoms with van der Waals surface area (Å²) in [5.74, 6) is 1.18. The molecule has 1 amide bonds. The Hall–Kier alpha value is -1.06. The molecular formula is C15H16ClNOS. The van der Waals surface area contributed by atoms with Crippen molar-refractivity contribution in [2.45, 2.75) is 12.8 Å². The monoisotopic (exact) mass is 293 g/mol.